The smallest absolute Gasteiger partial charge is 0.270 e. The monoisotopic (exact) mass is 366 g/mol. The average molecular weight is 366 g/mol. The Morgan fingerprint density at radius 1 is 1.30 bits per heavy atom. The average Bonchev–Trinajstić information content (AvgIpc) is 2.67. The molecule has 1 heterocycles. The van der Waals surface area contributed by atoms with Crippen LogP contribution in [0, 0.1) is 27.3 Å². The summed E-state index contributed by atoms with van der Waals surface area (Å²) in [7, 11) is 1.50. The van der Waals surface area contributed by atoms with Crippen molar-refractivity contribution >= 4 is 22.4 Å². The number of rotatable bonds is 6. The second-order valence-corrected chi connectivity index (χ2v) is 5.84. The Morgan fingerprint density at radius 2 is 2.11 bits per heavy atom. The van der Waals surface area contributed by atoms with Crippen LogP contribution < -0.4 is 5.32 Å². The van der Waals surface area contributed by atoms with Crippen LogP contribution in [0.2, 0.25) is 0 Å². The number of nitro benzene ring substituents is 1. The molecule has 7 nitrogen and oxygen atoms in total. The predicted molar refractivity (Wildman–Crippen MR) is 97.6 cm³/mol. The summed E-state index contributed by atoms with van der Waals surface area (Å²) in [5.41, 5.74) is 1.94. The van der Waals surface area contributed by atoms with Crippen LogP contribution in [0.5, 0.6) is 0 Å². The first kappa shape index (κ1) is 18.2. The van der Waals surface area contributed by atoms with Crippen molar-refractivity contribution in [3.8, 4) is 6.07 Å². The van der Waals surface area contributed by atoms with E-state index in [1.165, 1.54) is 37.4 Å². The molecule has 0 amide bonds. The largest absolute Gasteiger partial charge is 0.380 e. The lowest BCUT2D eigenvalue weighted by Gasteiger charge is -2.10. The van der Waals surface area contributed by atoms with Crippen LogP contribution in [0.3, 0.4) is 0 Å². The third-order valence-electron chi connectivity index (χ3n) is 4.01. The third-order valence-corrected chi connectivity index (χ3v) is 4.01. The number of aromatic nitrogens is 1. The topological polar surface area (TPSA) is 101 Å². The predicted octanol–water partition coefficient (Wildman–Crippen LogP) is 3.91. The highest BCUT2D eigenvalue weighted by Gasteiger charge is 2.12. The number of nitriles is 1. The van der Waals surface area contributed by atoms with E-state index in [9.17, 15) is 19.8 Å². The molecule has 0 aliphatic carbocycles. The SMILES string of the molecule is COCc1cc(CNc2cc(C#N)c3cc([N+](=O)[O-])ccc3n2)ccc1F. The summed E-state index contributed by atoms with van der Waals surface area (Å²) in [6, 6.07) is 12.5. The van der Waals surface area contributed by atoms with E-state index >= 15 is 0 Å². The zero-order valence-electron chi connectivity index (χ0n) is 14.4. The fourth-order valence-electron chi connectivity index (χ4n) is 2.71. The van der Waals surface area contributed by atoms with Gasteiger partial charge in [0.15, 0.2) is 0 Å². The number of non-ortho nitro benzene ring substituents is 1. The molecule has 0 atom stereocenters. The molecule has 27 heavy (non-hydrogen) atoms. The maximum atomic E-state index is 13.7. The van der Waals surface area contributed by atoms with Crippen molar-refractivity contribution in [1.29, 1.82) is 5.26 Å². The fourth-order valence-corrected chi connectivity index (χ4v) is 2.71. The standard InChI is InChI=1S/C19H15FN4O3/c1-27-11-14-6-12(2-4-17(14)20)10-22-19-7-13(9-21)16-8-15(24(25)26)3-5-18(16)23-19/h2-8H,10-11H2,1H3,(H,22,23). The van der Waals surface area contributed by atoms with Gasteiger partial charge < -0.3 is 10.1 Å². The van der Waals surface area contributed by atoms with Crippen molar-refractivity contribution in [2.45, 2.75) is 13.2 Å². The minimum absolute atomic E-state index is 0.0986. The van der Waals surface area contributed by atoms with Crippen molar-refractivity contribution in [3.05, 3.63) is 75.1 Å². The number of hydrogen-bond donors (Lipinski definition) is 1. The number of halogens is 1. The van der Waals surface area contributed by atoms with Gasteiger partial charge in [-0.1, -0.05) is 6.07 Å². The van der Waals surface area contributed by atoms with Crippen LogP contribution in [-0.4, -0.2) is 17.0 Å². The quantitative estimate of drug-likeness (QED) is 0.524. The zero-order chi connectivity index (χ0) is 19.4. The first-order chi connectivity index (χ1) is 13.0. The van der Waals surface area contributed by atoms with Gasteiger partial charge in [-0.25, -0.2) is 9.37 Å². The van der Waals surface area contributed by atoms with Gasteiger partial charge in [0, 0.05) is 36.7 Å². The molecule has 0 aliphatic rings. The molecule has 2 aromatic carbocycles. The van der Waals surface area contributed by atoms with E-state index in [0.717, 1.165) is 5.56 Å². The van der Waals surface area contributed by atoms with Crippen LogP contribution in [0.15, 0.2) is 42.5 Å². The normalized spacial score (nSPS) is 10.6. The highest BCUT2D eigenvalue weighted by atomic mass is 19.1. The zero-order valence-corrected chi connectivity index (χ0v) is 14.4. The minimum Gasteiger partial charge on any atom is -0.380 e. The van der Waals surface area contributed by atoms with E-state index in [0.29, 0.717) is 28.8 Å². The molecule has 3 aromatic rings. The van der Waals surface area contributed by atoms with Crippen molar-refractivity contribution in [2.75, 3.05) is 12.4 Å². The van der Waals surface area contributed by atoms with E-state index in [4.69, 9.17) is 4.74 Å². The van der Waals surface area contributed by atoms with Gasteiger partial charge in [-0.2, -0.15) is 5.26 Å². The minimum atomic E-state index is -0.515. The first-order valence-corrected chi connectivity index (χ1v) is 8.01. The van der Waals surface area contributed by atoms with E-state index in [1.54, 1.807) is 12.1 Å². The number of nitrogens with one attached hydrogen (secondary N) is 1. The van der Waals surface area contributed by atoms with Gasteiger partial charge in [0.1, 0.15) is 11.6 Å². The number of hydrogen-bond acceptors (Lipinski definition) is 6. The number of anilines is 1. The molecule has 0 bridgehead atoms. The molecule has 136 valence electrons. The summed E-state index contributed by atoms with van der Waals surface area (Å²) in [5, 5.41) is 23.8. The van der Waals surface area contributed by atoms with E-state index in [-0.39, 0.29) is 23.7 Å². The van der Waals surface area contributed by atoms with Crippen LogP contribution in [-0.2, 0) is 17.9 Å². The first-order valence-electron chi connectivity index (χ1n) is 8.01. The van der Waals surface area contributed by atoms with Gasteiger partial charge in [0.05, 0.1) is 28.7 Å². The second-order valence-electron chi connectivity index (χ2n) is 5.84. The fraction of sp³-hybridized carbons (Fsp3) is 0.158. The van der Waals surface area contributed by atoms with E-state index < -0.39 is 4.92 Å². The summed E-state index contributed by atoms with van der Waals surface area (Å²) in [5.74, 6) is 0.114. The molecule has 0 unspecified atom stereocenters. The van der Waals surface area contributed by atoms with Gasteiger partial charge in [0.2, 0.25) is 0 Å². The Morgan fingerprint density at radius 3 is 2.81 bits per heavy atom. The number of pyridine rings is 1. The Balaban J connectivity index is 1.87. The lowest BCUT2D eigenvalue weighted by Crippen LogP contribution is -2.04. The molecule has 1 aromatic heterocycles. The van der Waals surface area contributed by atoms with Crippen LogP contribution in [0.25, 0.3) is 10.9 Å². The lowest BCUT2D eigenvalue weighted by atomic mass is 10.1. The van der Waals surface area contributed by atoms with Crippen LogP contribution >= 0.6 is 0 Å². The second kappa shape index (κ2) is 7.76. The van der Waals surface area contributed by atoms with Gasteiger partial charge in [-0.3, -0.25) is 10.1 Å². The number of ether oxygens (including phenoxy) is 1. The summed E-state index contributed by atoms with van der Waals surface area (Å²) >= 11 is 0. The molecule has 8 heteroatoms. The molecule has 0 fully saturated rings. The highest BCUT2D eigenvalue weighted by molar-refractivity contribution is 5.88. The highest BCUT2D eigenvalue weighted by Crippen LogP contribution is 2.25. The lowest BCUT2D eigenvalue weighted by molar-refractivity contribution is -0.384. The summed E-state index contributed by atoms with van der Waals surface area (Å²) in [6.07, 6.45) is 0. The number of fused-ring (bicyclic) bond motifs is 1. The van der Waals surface area contributed by atoms with E-state index in [2.05, 4.69) is 10.3 Å². The maximum Gasteiger partial charge on any atom is 0.270 e. The molecule has 0 saturated heterocycles. The molecule has 0 aliphatic heterocycles. The number of nitro groups is 1. The molecule has 0 spiro atoms. The van der Waals surface area contributed by atoms with Crippen molar-refractivity contribution in [2.24, 2.45) is 0 Å². The van der Waals surface area contributed by atoms with E-state index in [1.807, 2.05) is 6.07 Å². The molecule has 3 rings (SSSR count). The maximum absolute atomic E-state index is 13.7. The number of methoxy groups -OCH3 is 1. The van der Waals surface area contributed by atoms with Gasteiger partial charge in [-0.15, -0.1) is 0 Å². The summed E-state index contributed by atoms with van der Waals surface area (Å²) in [6.45, 7) is 0.540. The van der Waals surface area contributed by atoms with Crippen LogP contribution in [0.4, 0.5) is 15.9 Å². The van der Waals surface area contributed by atoms with Crippen molar-refractivity contribution in [3.63, 3.8) is 0 Å². The summed E-state index contributed by atoms with van der Waals surface area (Å²) < 4.78 is 18.7. The van der Waals surface area contributed by atoms with Gasteiger partial charge in [0.25, 0.3) is 5.69 Å². The van der Waals surface area contributed by atoms with Crippen molar-refractivity contribution < 1.29 is 14.1 Å². The Hall–Kier alpha value is -3.57. The summed E-state index contributed by atoms with van der Waals surface area (Å²) in [4.78, 5) is 14.8. The third kappa shape index (κ3) is 3.99. The Kier molecular flexibility index (Phi) is 5.24. The Bertz CT molecular complexity index is 1060. The number of nitrogens with zero attached hydrogens (tertiary/aromatic N) is 3. The number of benzene rings is 2. The molecular formula is C19H15FN4O3. The molecule has 1 N–H and O–H groups in total. The van der Waals surface area contributed by atoms with Gasteiger partial charge >= 0.3 is 0 Å². The molecule has 0 radical (unpaired) electrons. The van der Waals surface area contributed by atoms with Crippen LogP contribution in [0.1, 0.15) is 16.7 Å². The van der Waals surface area contributed by atoms with Crippen molar-refractivity contribution in [1.82, 2.24) is 4.98 Å². The Labute approximate surface area is 154 Å². The van der Waals surface area contributed by atoms with Gasteiger partial charge in [-0.05, 0) is 29.8 Å². The molecule has 0 saturated carbocycles. The molecular weight excluding hydrogens is 351 g/mol.